The number of aliphatic carboxylic acids is 1. The molecule has 0 unspecified atom stereocenters. The molecule has 1 saturated carbocycles. The molecule has 1 aliphatic rings. The van der Waals surface area contributed by atoms with Crippen LogP contribution in [0.25, 0.3) is 0 Å². The van der Waals surface area contributed by atoms with Gasteiger partial charge in [0.1, 0.15) is 0 Å². The number of carboxylic acids is 1. The van der Waals surface area contributed by atoms with Gasteiger partial charge in [-0.1, -0.05) is 33.1 Å². The van der Waals surface area contributed by atoms with Gasteiger partial charge < -0.3 is 10.0 Å². The Hall–Kier alpha value is -0.570. The van der Waals surface area contributed by atoms with Gasteiger partial charge in [0.15, 0.2) is 0 Å². The number of nitrogens with zero attached hydrogens (tertiary/aromatic N) is 1. The highest BCUT2D eigenvalue weighted by molar-refractivity contribution is 5.68. The first kappa shape index (κ1) is 14.5. The van der Waals surface area contributed by atoms with Crippen molar-refractivity contribution in [3.63, 3.8) is 0 Å². The minimum Gasteiger partial charge on any atom is -0.481 e. The van der Waals surface area contributed by atoms with E-state index in [2.05, 4.69) is 25.8 Å². The maximum absolute atomic E-state index is 11.1. The SMILES string of the molecule is CC(C)CCN(C)C1(CC(=O)O)CCCCC1. The van der Waals surface area contributed by atoms with Gasteiger partial charge in [-0.3, -0.25) is 4.79 Å². The number of hydrogen-bond acceptors (Lipinski definition) is 2. The summed E-state index contributed by atoms with van der Waals surface area (Å²) in [5, 5.41) is 9.13. The number of carboxylic acid groups (broad SMARTS) is 1. The monoisotopic (exact) mass is 241 g/mol. The second kappa shape index (κ2) is 6.39. The lowest BCUT2D eigenvalue weighted by atomic mass is 9.78. The highest BCUT2D eigenvalue weighted by Gasteiger charge is 2.37. The molecule has 1 rings (SSSR count). The third-order valence-electron chi connectivity index (χ3n) is 4.12. The third kappa shape index (κ3) is 4.30. The predicted molar refractivity (Wildman–Crippen MR) is 70.2 cm³/mol. The van der Waals surface area contributed by atoms with Gasteiger partial charge in [0.05, 0.1) is 6.42 Å². The normalized spacial score (nSPS) is 19.8. The van der Waals surface area contributed by atoms with E-state index in [1.807, 2.05) is 0 Å². The molecule has 1 N–H and O–H groups in total. The first-order valence-electron chi connectivity index (χ1n) is 6.89. The summed E-state index contributed by atoms with van der Waals surface area (Å²) in [6.07, 6.45) is 7.18. The van der Waals surface area contributed by atoms with Crippen LogP contribution in [0.3, 0.4) is 0 Å². The molecule has 0 aromatic carbocycles. The van der Waals surface area contributed by atoms with Crippen molar-refractivity contribution in [3.8, 4) is 0 Å². The van der Waals surface area contributed by atoms with E-state index >= 15 is 0 Å². The van der Waals surface area contributed by atoms with Gasteiger partial charge in [-0.05, 0) is 38.8 Å². The standard InChI is InChI=1S/C14H27NO2/c1-12(2)7-10-15(3)14(11-13(16)17)8-5-4-6-9-14/h12H,4-11H2,1-3H3,(H,16,17). The highest BCUT2D eigenvalue weighted by atomic mass is 16.4. The smallest absolute Gasteiger partial charge is 0.305 e. The Morgan fingerprint density at radius 1 is 1.29 bits per heavy atom. The summed E-state index contributed by atoms with van der Waals surface area (Å²) in [5.74, 6) is 0.0335. The Kier molecular flexibility index (Phi) is 5.44. The Labute approximate surface area is 105 Å². The molecule has 0 radical (unpaired) electrons. The summed E-state index contributed by atoms with van der Waals surface area (Å²) in [5.41, 5.74) is -0.0705. The van der Waals surface area contributed by atoms with Crippen LogP contribution < -0.4 is 0 Å². The Morgan fingerprint density at radius 2 is 1.88 bits per heavy atom. The van der Waals surface area contributed by atoms with Crippen LogP contribution in [0.2, 0.25) is 0 Å². The molecule has 1 fully saturated rings. The van der Waals surface area contributed by atoms with Crippen LogP contribution in [-0.4, -0.2) is 35.1 Å². The average molecular weight is 241 g/mol. The molecule has 0 aliphatic heterocycles. The summed E-state index contributed by atoms with van der Waals surface area (Å²) >= 11 is 0. The molecule has 1 aliphatic carbocycles. The van der Waals surface area contributed by atoms with Crippen LogP contribution in [0.5, 0.6) is 0 Å². The first-order chi connectivity index (χ1) is 7.96. The van der Waals surface area contributed by atoms with Crippen LogP contribution in [0, 0.1) is 5.92 Å². The van der Waals surface area contributed by atoms with E-state index < -0.39 is 5.97 Å². The van der Waals surface area contributed by atoms with Crippen molar-refractivity contribution in [2.75, 3.05) is 13.6 Å². The van der Waals surface area contributed by atoms with Crippen LogP contribution in [0.1, 0.15) is 58.8 Å². The fourth-order valence-corrected chi connectivity index (χ4v) is 2.87. The minimum absolute atomic E-state index is 0.0705. The Morgan fingerprint density at radius 3 is 2.35 bits per heavy atom. The van der Waals surface area contributed by atoms with Crippen molar-refractivity contribution in [2.45, 2.75) is 64.3 Å². The van der Waals surface area contributed by atoms with Crippen LogP contribution in [0.15, 0.2) is 0 Å². The summed E-state index contributed by atoms with van der Waals surface area (Å²) in [6, 6.07) is 0. The molecule has 0 amide bonds. The molecule has 3 heteroatoms. The van der Waals surface area contributed by atoms with E-state index in [-0.39, 0.29) is 5.54 Å². The minimum atomic E-state index is -0.650. The van der Waals surface area contributed by atoms with Crippen LogP contribution >= 0.6 is 0 Å². The lowest BCUT2D eigenvalue weighted by Crippen LogP contribution is -2.49. The van der Waals surface area contributed by atoms with Crippen LogP contribution in [-0.2, 0) is 4.79 Å². The zero-order valence-electron chi connectivity index (χ0n) is 11.5. The summed E-state index contributed by atoms with van der Waals surface area (Å²) in [7, 11) is 2.11. The average Bonchev–Trinajstić information content (AvgIpc) is 2.26. The van der Waals surface area contributed by atoms with Gasteiger partial charge in [0, 0.05) is 5.54 Å². The van der Waals surface area contributed by atoms with Crippen molar-refractivity contribution in [2.24, 2.45) is 5.92 Å². The third-order valence-corrected chi connectivity index (χ3v) is 4.12. The van der Waals surface area contributed by atoms with E-state index in [1.165, 1.54) is 19.3 Å². The van der Waals surface area contributed by atoms with E-state index in [1.54, 1.807) is 0 Å². The second-order valence-electron chi connectivity index (χ2n) is 5.96. The van der Waals surface area contributed by atoms with Gasteiger partial charge >= 0.3 is 5.97 Å². The van der Waals surface area contributed by atoms with Crippen molar-refractivity contribution < 1.29 is 9.90 Å². The zero-order chi connectivity index (χ0) is 12.9. The molecule has 0 spiro atoms. The molecular weight excluding hydrogens is 214 g/mol. The fourth-order valence-electron chi connectivity index (χ4n) is 2.87. The predicted octanol–water partition coefficient (Wildman–Crippen LogP) is 3.14. The molecule has 0 aromatic rings. The Balaban J connectivity index is 2.63. The molecule has 0 saturated heterocycles. The number of hydrogen-bond donors (Lipinski definition) is 1. The van der Waals surface area contributed by atoms with Gasteiger partial charge in [0.25, 0.3) is 0 Å². The van der Waals surface area contributed by atoms with Gasteiger partial charge in [0.2, 0.25) is 0 Å². The molecule has 3 nitrogen and oxygen atoms in total. The largest absolute Gasteiger partial charge is 0.481 e. The first-order valence-corrected chi connectivity index (χ1v) is 6.89. The molecule has 0 aromatic heterocycles. The molecule has 17 heavy (non-hydrogen) atoms. The maximum Gasteiger partial charge on any atom is 0.305 e. The molecule has 0 atom stereocenters. The van der Waals surface area contributed by atoms with Gasteiger partial charge in [-0.2, -0.15) is 0 Å². The van der Waals surface area contributed by atoms with Crippen molar-refractivity contribution in [3.05, 3.63) is 0 Å². The fraction of sp³-hybridized carbons (Fsp3) is 0.929. The molecule has 100 valence electrons. The maximum atomic E-state index is 11.1. The molecular formula is C14H27NO2. The van der Waals surface area contributed by atoms with E-state index in [9.17, 15) is 4.79 Å². The molecule has 0 heterocycles. The van der Waals surface area contributed by atoms with Crippen molar-refractivity contribution >= 4 is 5.97 Å². The van der Waals surface area contributed by atoms with E-state index in [0.29, 0.717) is 12.3 Å². The van der Waals surface area contributed by atoms with Crippen LogP contribution in [0.4, 0.5) is 0 Å². The summed E-state index contributed by atoms with van der Waals surface area (Å²) in [6.45, 7) is 5.46. The quantitative estimate of drug-likeness (QED) is 0.776. The lowest BCUT2D eigenvalue weighted by molar-refractivity contribution is -0.141. The Bertz CT molecular complexity index is 245. The second-order valence-corrected chi connectivity index (χ2v) is 5.96. The van der Waals surface area contributed by atoms with E-state index in [4.69, 9.17) is 5.11 Å². The summed E-state index contributed by atoms with van der Waals surface area (Å²) < 4.78 is 0. The van der Waals surface area contributed by atoms with Crippen molar-refractivity contribution in [1.82, 2.24) is 4.90 Å². The zero-order valence-corrected chi connectivity index (χ0v) is 11.5. The van der Waals surface area contributed by atoms with Crippen molar-refractivity contribution in [1.29, 1.82) is 0 Å². The number of carbonyl (C=O) groups is 1. The topological polar surface area (TPSA) is 40.5 Å². The summed E-state index contributed by atoms with van der Waals surface area (Å²) in [4.78, 5) is 13.4. The van der Waals surface area contributed by atoms with E-state index in [0.717, 1.165) is 25.8 Å². The lowest BCUT2D eigenvalue weighted by Gasteiger charge is -2.44. The van der Waals surface area contributed by atoms with Gasteiger partial charge in [-0.25, -0.2) is 0 Å². The van der Waals surface area contributed by atoms with Gasteiger partial charge in [-0.15, -0.1) is 0 Å². The highest BCUT2D eigenvalue weighted by Crippen LogP contribution is 2.36. The molecule has 0 bridgehead atoms. The number of rotatable bonds is 6.